The maximum Gasteiger partial charge on any atom is 0.142 e. The van der Waals surface area contributed by atoms with Gasteiger partial charge < -0.3 is 4.90 Å². The zero-order valence-corrected chi connectivity index (χ0v) is 62.5. The van der Waals surface area contributed by atoms with Gasteiger partial charge in [0.1, 0.15) is 173 Å². The molecule has 8 aromatic rings. The van der Waals surface area contributed by atoms with Crippen molar-refractivity contribution in [2.75, 3.05) is 4.90 Å². The Hall–Kier alpha value is -4.23. The Morgan fingerprint density at radius 3 is 0.811 bits per heavy atom. The van der Waals surface area contributed by atoms with E-state index in [2.05, 4.69) is 314 Å². The maximum atomic E-state index is 2.93. The minimum Gasteiger partial charge on any atom is -0.312 e. The second-order valence-corrected chi connectivity index (χ2v) is 33.8. The van der Waals surface area contributed by atoms with Gasteiger partial charge in [-0.3, -0.25) is 0 Å². The Labute approximate surface area is 572 Å². The van der Waals surface area contributed by atoms with Gasteiger partial charge in [0.15, 0.2) is 0 Å². The highest BCUT2D eigenvalue weighted by atomic mass is 15.2. The number of hydrogen-bond donors (Lipinski definition) is 0. The highest BCUT2D eigenvalue weighted by molar-refractivity contribution is 6.74. The minimum absolute atomic E-state index is 0.188. The molecule has 1 spiro atoms. The Kier molecular flexibility index (Phi) is 14.9. The topological polar surface area (TPSA) is 3.24 Å². The largest absolute Gasteiger partial charge is 0.312 e. The standard InChI is InChI=1S/C55H75B34N/c56-25-13-14-20(32(63)42(73)38(69)26(14)57)49(19(13)31(62)41(72)37(25)68)9-5-2-1-4-8(9)12-10(49)6-3-7-11(12)90(47-35(66)23-17(29(60)45(47)76)15-21(33(64)43(74)39(70)27(15)58)50(23,52(78,79)80)53(81,82)83)48-36(67)24-18(30(61)46(48)77)16-22(34(65)44(75)40(71)28(16)59)51(24,54(84,85)86)55(87,88)89/h1-7H,56-89H2. The predicted molar refractivity (Wildman–Crippen MR) is 503 cm³/mol. The van der Waals surface area contributed by atoms with Gasteiger partial charge in [0, 0.05) is 16.9 Å². The molecule has 90 heavy (non-hydrogen) atoms. The van der Waals surface area contributed by atoms with E-state index >= 15 is 0 Å². The van der Waals surface area contributed by atoms with Crippen LogP contribution in [0.3, 0.4) is 0 Å². The molecule has 0 heterocycles. The van der Waals surface area contributed by atoms with Crippen LogP contribution in [0.5, 0.6) is 0 Å². The van der Waals surface area contributed by atoms with Crippen molar-refractivity contribution in [2.24, 2.45) is 0 Å². The van der Waals surface area contributed by atoms with Gasteiger partial charge in [-0.15, -0.1) is 43.7 Å². The molecule has 12 rings (SSSR count). The molecule has 0 fully saturated rings. The fourth-order valence-corrected chi connectivity index (χ4v) is 21.9. The highest BCUT2D eigenvalue weighted by Gasteiger charge is 2.62. The quantitative estimate of drug-likeness (QED) is 0.144. The summed E-state index contributed by atoms with van der Waals surface area (Å²) >= 11 is 0. The van der Waals surface area contributed by atoms with Crippen LogP contribution in [0.4, 0.5) is 17.1 Å². The van der Waals surface area contributed by atoms with Crippen LogP contribution in [-0.4, -0.2) is 267 Å². The zero-order valence-electron chi connectivity index (χ0n) is 62.5. The van der Waals surface area contributed by atoms with E-state index in [1.807, 2.05) is 0 Å². The summed E-state index contributed by atoms with van der Waals surface area (Å²) in [6.07, 6.45) is 0. The van der Waals surface area contributed by atoms with Crippen LogP contribution in [0.1, 0.15) is 44.5 Å². The molecule has 0 unspecified atom stereocenters. The predicted octanol–water partition coefficient (Wildman–Crippen LogP) is -36.4. The Morgan fingerprint density at radius 1 is 0.233 bits per heavy atom. The zero-order chi connectivity index (χ0) is 66.7. The second-order valence-electron chi connectivity index (χ2n) is 33.8. The first kappa shape index (κ1) is 65.8. The van der Waals surface area contributed by atoms with Gasteiger partial charge in [-0.1, -0.05) is 133 Å². The average molecular weight is 1120 g/mol. The number of fused-ring (bicyclic) bond motifs is 16. The highest BCUT2D eigenvalue weighted by Crippen LogP contribution is 2.67. The van der Waals surface area contributed by atoms with Crippen LogP contribution >= 0.6 is 0 Å². The third kappa shape index (κ3) is 7.49. The molecule has 1 nitrogen and oxygen atoms in total. The first-order valence-electron chi connectivity index (χ1n) is 34.2. The monoisotopic (exact) mass is 1120 g/mol. The summed E-state index contributed by atoms with van der Waals surface area (Å²) in [6.45, 7) is 0. The van der Waals surface area contributed by atoms with E-state index < -0.39 is 5.41 Å². The number of hydrogen-bond acceptors (Lipinski definition) is 1. The van der Waals surface area contributed by atoms with Crippen LogP contribution < -0.4 is 125 Å². The molecule has 0 saturated carbocycles. The lowest BCUT2D eigenvalue weighted by Crippen LogP contribution is -2.59. The molecule has 4 aliphatic rings. The summed E-state index contributed by atoms with van der Waals surface area (Å²) in [4.78, 5) is 2.93. The van der Waals surface area contributed by atoms with E-state index in [-0.39, 0.29) is 31.3 Å². The summed E-state index contributed by atoms with van der Waals surface area (Å²) in [5, 5.41) is -0.750. The van der Waals surface area contributed by atoms with Crippen molar-refractivity contribution in [3.63, 3.8) is 0 Å². The Balaban J connectivity index is 1.36. The molecular weight excluding hydrogens is 1040 g/mol. The first-order valence-corrected chi connectivity index (χ1v) is 34.2. The summed E-state index contributed by atoms with van der Waals surface area (Å²) in [5.41, 5.74) is 57.0. The lowest BCUT2D eigenvalue weighted by molar-refractivity contribution is 0.539. The molecule has 0 N–H and O–H groups in total. The number of nitrogens with zero attached hydrogens (tertiary/aromatic N) is 1. The Morgan fingerprint density at radius 2 is 0.489 bits per heavy atom. The number of benzene rings is 8. The molecular formula is C55H75B34N. The number of rotatable bonds is 7. The van der Waals surface area contributed by atoms with Crippen molar-refractivity contribution >= 4 is 404 Å². The van der Waals surface area contributed by atoms with Gasteiger partial charge in [-0.2, -0.15) is 0 Å². The molecule has 4 aliphatic carbocycles. The molecule has 0 atom stereocenters. The van der Waals surface area contributed by atoms with E-state index in [0.29, 0.717) is 0 Å². The molecule has 402 valence electrons. The van der Waals surface area contributed by atoms with Crippen molar-refractivity contribution in [1.82, 2.24) is 0 Å². The fourth-order valence-electron chi connectivity index (χ4n) is 21.9. The van der Waals surface area contributed by atoms with E-state index in [0.717, 1.165) is 0 Å². The fraction of sp³-hybridized carbons (Fsp3) is 0.127. The molecule has 35 heteroatoms. The van der Waals surface area contributed by atoms with E-state index in [1.165, 1.54) is 215 Å². The van der Waals surface area contributed by atoms with Crippen molar-refractivity contribution in [1.29, 1.82) is 0 Å². The molecule has 0 bridgehead atoms. The normalized spacial score (nSPS) is 15.1. The van der Waals surface area contributed by atoms with Crippen molar-refractivity contribution in [2.45, 2.75) is 36.7 Å². The number of anilines is 3. The molecule has 0 aliphatic heterocycles. The van der Waals surface area contributed by atoms with Gasteiger partial charge in [0.2, 0.25) is 0 Å². The summed E-state index contributed by atoms with van der Waals surface area (Å²) in [6, 6.07) is 17.3. The van der Waals surface area contributed by atoms with Gasteiger partial charge in [-0.05, 0) is 100 Å². The molecule has 0 amide bonds. The van der Waals surface area contributed by atoms with Gasteiger partial charge in [-0.25, -0.2) is 0 Å². The third-order valence-corrected chi connectivity index (χ3v) is 26.5. The van der Waals surface area contributed by atoms with Crippen molar-refractivity contribution < 1.29 is 0 Å². The van der Waals surface area contributed by atoms with Crippen LogP contribution in [0, 0.1) is 0 Å². The summed E-state index contributed by atoms with van der Waals surface area (Å²) < 4.78 is 0. The lowest BCUT2D eigenvalue weighted by atomic mass is 9.17. The van der Waals surface area contributed by atoms with Crippen LogP contribution in [0.25, 0.3) is 44.5 Å². The molecule has 0 saturated heterocycles. The van der Waals surface area contributed by atoms with E-state index in [4.69, 9.17) is 0 Å². The average Bonchev–Trinajstić information content (AvgIpc) is 1.50. The summed E-state index contributed by atoms with van der Waals surface area (Å²) in [5.74, 6) is 0. The van der Waals surface area contributed by atoms with E-state index in [9.17, 15) is 0 Å². The van der Waals surface area contributed by atoms with Gasteiger partial charge >= 0.3 is 0 Å². The lowest BCUT2D eigenvalue weighted by Gasteiger charge is -2.57. The van der Waals surface area contributed by atoms with Gasteiger partial charge in [0.05, 0.1) is 105 Å². The SMILES string of the molecule is Bc1c(B)c(B)c2c(c1B)-c1c(B)c(B)c(B)c(B)c1C21c2ccccc2-c2c(N(c3c(B)c(B)c4c(c3B)C(C(B)(B)B)(C(B)(B)B)c3c(B)c(B)c(B)c(B)c3-4)c3c(B)c(B)c4c(c3B)C(C(B)(B)B)(C(B)(B)B)c3c(B)c(B)c(B)c(B)c3-4)cccc21. The van der Waals surface area contributed by atoms with Crippen molar-refractivity contribution in [3.05, 3.63) is 87.0 Å². The van der Waals surface area contributed by atoms with Crippen LogP contribution in [-0.2, 0) is 16.2 Å². The smallest absolute Gasteiger partial charge is 0.142 e. The second kappa shape index (κ2) is 20.4. The van der Waals surface area contributed by atoms with Crippen LogP contribution in [0.2, 0.25) is 20.5 Å². The van der Waals surface area contributed by atoms with Crippen molar-refractivity contribution in [3.8, 4) is 44.5 Å². The Bertz CT molecular complexity index is 4430. The molecule has 8 aromatic carbocycles. The van der Waals surface area contributed by atoms with Crippen LogP contribution in [0.15, 0.2) is 42.5 Å². The van der Waals surface area contributed by atoms with Gasteiger partial charge in [0.25, 0.3) is 0 Å². The first-order chi connectivity index (χ1) is 41.5. The van der Waals surface area contributed by atoms with E-state index in [1.54, 1.807) is 11.1 Å². The molecule has 0 aromatic heterocycles. The third-order valence-electron chi connectivity index (χ3n) is 26.5. The summed E-state index contributed by atoms with van der Waals surface area (Å²) in [7, 11) is 84.6. The maximum absolute atomic E-state index is 2.93. The molecule has 0 radical (unpaired) electrons. The minimum atomic E-state index is -0.575.